The van der Waals surface area contributed by atoms with Crippen molar-refractivity contribution in [2.75, 3.05) is 19.8 Å². The van der Waals surface area contributed by atoms with Crippen LogP contribution < -0.4 is 5.73 Å². The summed E-state index contributed by atoms with van der Waals surface area (Å²) in [5, 5.41) is 4.01. The monoisotopic (exact) mass is 255 g/mol. The summed E-state index contributed by atoms with van der Waals surface area (Å²) in [6, 6.07) is -0.0668. The molecule has 3 unspecified atom stereocenters. The lowest BCUT2D eigenvalue weighted by Gasteiger charge is -2.16. The third-order valence-corrected chi connectivity index (χ3v) is 3.11. The van der Waals surface area contributed by atoms with Crippen LogP contribution in [0.25, 0.3) is 0 Å². The van der Waals surface area contributed by atoms with E-state index in [9.17, 15) is 0 Å². The third kappa shape index (κ3) is 2.71. The van der Waals surface area contributed by atoms with Crippen LogP contribution >= 0.6 is 0 Å². The number of hydrogen-bond acceptors (Lipinski definition) is 6. The Balaban J connectivity index is 2.13. The van der Waals surface area contributed by atoms with Crippen molar-refractivity contribution in [3.63, 3.8) is 0 Å². The molecule has 1 fully saturated rings. The molecule has 2 N–H and O–H groups in total. The van der Waals surface area contributed by atoms with Crippen LogP contribution in [0.1, 0.15) is 44.5 Å². The zero-order valence-electron chi connectivity index (χ0n) is 11.1. The summed E-state index contributed by atoms with van der Waals surface area (Å²) < 4.78 is 16.2. The van der Waals surface area contributed by atoms with Gasteiger partial charge in [-0.2, -0.15) is 4.98 Å². The second-order valence-corrected chi connectivity index (χ2v) is 4.92. The van der Waals surface area contributed by atoms with Crippen molar-refractivity contribution in [2.45, 2.75) is 38.8 Å². The zero-order valence-corrected chi connectivity index (χ0v) is 11.1. The van der Waals surface area contributed by atoms with Crippen molar-refractivity contribution < 1.29 is 14.0 Å². The van der Waals surface area contributed by atoms with Gasteiger partial charge in [0.15, 0.2) is 0 Å². The largest absolute Gasteiger partial charge is 0.379 e. The van der Waals surface area contributed by atoms with E-state index < -0.39 is 0 Å². The summed E-state index contributed by atoms with van der Waals surface area (Å²) >= 11 is 0. The molecule has 3 atom stereocenters. The molecule has 6 heteroatoms. The smallest absolute Gasteiger partial charge is 0.233 e. The first-order valence-corrected chi connectivity index (χ1v) is 6.41. The summed E-state index contributed by atoms with van der Waals surface area (Å²) in [6.45, 7) is 7.81. The number of nitrogens with two attached hydrogens (primary N) is 1. The van der Waals surface area contributed by atoms with E-state index in [2.05, 4.69) is 24.0 Å². The normalized spacial score (nSPS) is 25.8. The molecule has 2 heterocycles. The van der Waals surface area contributed by atoms with Crippen LogP contribution in [0.4, 0.5) is 0 Å². The minimum atomic E-state index is -0.133. The van der Waals surface area contributed by atoms with Gasteiger partial charge in [-0.05, 0) is 12.8 Å². The summed E-state index contributed by atoms with van der Waals surface area (Å²) in [5.41, 5.74) is 5.93. The van der Waals surface area contributed by atoms with Crippen LogP contribution in [0.5, 0.6) is 0 Å². The Morgan fingerprint density at radius 2 is 2.22 bits per heavy atom. The van der Waals surface area contributed by atoms with Gasteiger partial charge in [0, 0.05) is 12.6 Å². The molecular formula is C12H21N3O3. The molecule has 1 aromatic rings. The maximum absolute atomic E-state index is 5.93. The lowest BCUT2D eigenvalue weighted by molar-refractivity contribution is 0.0217. The molecule has 1 saturated heterocycles. The standard InChI is InChI=1S/C12H21N3O3/c1-4-17-10(7(2)3)11-14-12(18-15-11)8-5-16-6-9(8)13/h7-10H,4-6,13H2,1-3H3. The average Bonchev–Trinajstić information content (AvgIpc) is 2.93. The van der Waals surface area contributed by atoms with Gasteiger partial charge in [0.05, 0.1) is 19.1 Å². The van der Waals surface area contributed by atoms with Crippen molar-refractivity contribution in [2.24, 2.45) is 11.7 Å². The molecule has 1 aliphatic rings. The van der Waals surface area contributed by atoms with Crippen LogP contribution in [-0.4, -0.2) is 36.0 Å². The summed E-state index contributed by atoms with van der Waals surface area (Å²) in [4.78, 5) is 4.42. The molecule has 0 saturated carbocycles. The van der Waals surface area contributed by atoms with E-state index in [0.717, 1.165) is 0 Å². The first kappa shape index (κ1) is 13.5. The number of aromatic nitrogens is 2. The maximum Gasteiger partial charge on any atom is 0.233 e. The van der Waals surface area contributed by atoms with Crippen LogP contribution in [0.3, 0.4) is 0 Å². The average molecular weight is 255 g/mol. The van der Waals surface area contributed by atoms with E-state index in [-0.39, 0.29) is 18.1 Å². The van der Waals surface area contributed by atoms with E-state index >= 15 is 0 Å². The Labute approximate surface area is 107 Å². The molecule has 18 heavy (non-hydrogen) atoms. The lowest BCUT2D eigenvalue weighted by atomic mass is 10.0. The fourth-order valence-corrected chi connectivity index (χ4v) is 2.08. The molecule has 1 aliphatic heterocycles. The molecule has 0 bridgehead atoms. The van der Waals surface area contributed by atoms with E-state index in [1.54, 1.807) is 0 Å². The minimum Gasteiger partial charge on any atom is -0.379 e. The molecule has 0 amide bonds. The van der Waals surface area contributed by atoms with Gasteiger partial charge in [0.25, 0.3) is 0 Å². The minimum absolute atomic E-state index is 0.000638. The van der Waals surface area contributed by atoms with Crippen LogP contribution in [0.15, 0.2) is 4.52 Å². The van der Waals surface area contributed by atoms with Crippen molar-refractivity contribution >= 4 is 0 Å². The van der Waals surface area contributed by atoms with E-state index in [1.165, 1.54) is 0 Å². The number of nitrogens with zero attached hydrogens (tertiary/aromatic N) is 2. The molecule has 102 valence electrons. The van der Waals surface area contributed by atoms with Crippen LogP contribution in [-0.2, 0) is 9.47 Å². The van der Waals surface area contributed by atoms with E-state index in [1.807, 2.05) is 6.92 Å². The van der Waals surface area contributed by atoms with Gasteiger partial charge in [-0.25, -0.2) is 0 Å². The van der Waals surface area contributed by atoms with E-state index in [4.69, 9.17) is 19.7 Å². The fraction of sp³-hybridized carbons (Fsp3) is 0.833. The van der Waals surface area contributed by atoms with E-state index in [0.29, 0.717) is 37.5 Å². The molecule has 1 aromatic heterocycles. The van der Waals surface area contributed by atoms with Gasteiger partial charge >= 0.3 is 0 Å². The van der Waals surface area contributed by atoms with Gasteiger partial charge in [0.1, 0.15) is 6.10 Å². The predicted molar refractivity (Wildman–Crippen MR) is 65.0 cm³/mol. The molecule has 0 aliphatic carbocycles. The Morgan fingerprint density at radius 3 is 2.78 bits per heavy atom. The van der Waals surface area contributed by atoms with Crippen molar-refractivity contribution in [1.82, 2.24) is 10.1 Å². The van der Waals surface area contributed by atoms with Crippen molar-refractivity contribution in [3.8, 4) is 0 Å². The van der Waals surface area contributed by atoms with Crippen molar-refractivity contribution in [1.29, 1.82) is 0 Å². The Morgan fingerprint density at radius 1 is 1.44 bits per heavy atom. The number of hydrogen-bond donors (Lipinski definition) is 1. The zero-order chi connectivity index (χ0) is 13.1. The second-order valence-electron chi connectivity index (χ2n) is 4.92. The highest BCUT2D eigenvalue weighted by atomic mass is 16.5. The van der Waals surface area contributed by atoms with Gasteiger partial charge in [-0.15, -0.1) is 0 Å². The first-order valence-electron chi connectivity index (χ1n) is 6.41. The van der Waals surface area contributed by atoms with Crippen LogP contribution in [0, 0.1) is 5.92 Å². The topological polar surface area (TPSA) is 83.4 Å². The second kappa shape index (κ2) is 5.77. The molecule has 0 radical (unpaired) electrons. The fourth-order valence-electron chi connectivity index (χ4n) is 2.08. The van der Waals surface area contributed by atoms with Gasteiger partial charge in [-0.3, -0.25) is 0 Å². The van der Waals surface area contributed by atoms with Gasteiger partial charge in [0.2, 0.25) is 11.7 Å². The maximum atomic E-state index is 5.93. The highest BCUT2D eigenvalue weighted by Crippen LogP contribution is 2.27. The first-order chi connectivity index (χ1) is 8.63. The molecule has 6 nitrogen and oxygen atoms in total. The number of rotatable bonds is 5. The molecule has 0 aromatic carbocycles. The van der Waals surface area contributed by atoms with Gasteiger partial charge < -0.3 is 19.7 Å². The Kier molecular flexibility index (Phi) is 4.31. The highest BCUT2D eigenvalue weighted by molar-refractivity contribution is 5.03. The Bertz CT molecular complexity index is 380. The predicted octanol–water partition coefficient (Wildman–Crippen LogP) is 1.24. The molecule has 0 spiro atoms. The highest BCUT2D eigenvalue weighted by Gasteiger charge is 2.32. The number of ether oxygens (including phenoxy) is 2. The summed E-state index contributed by atoms with van der Waals surface area (Å²) in [5.74, 6) is 1.45. The van der Waals surface area contributed by atoms with Crippen molar-refractivity contribution in [3.05, 3.63) is 11.7 Å². The summed E-state index contributed by atoms with van der Waals surface area (Å²) in [7, 11) is 0. The lowest BCUT2D eigenvalue weighted by Crippen LogP contribution is -2.27. The van der Waals surface area contributed by atoms with Gasteiger partial charge in [-0.1, -0.05) is 19.0 Å². The quantitative estimate of drug-likeness (QED) is 0.852. The summed E-state index contributed by atoms with van der Waals surface area (Å²) in [6.07, 6.45) is -0.133. The SMILES string of the molecule is CCOC(c1noc(C2COCC2N)n1)C(C)C. The Hall–Kier alpha value is -0.980. The third-order valence-electron chi connectivity index (χ3n) is 3.11. The molecule has 2 rings (SSSR count). The van der Waals surface area contributed by atoms with Crippen LogP contribution in [0.2, 0.25) is 0 Å². The molecular weight excluding hydrogens is 234 g/mol.